The zero-order valence-electron chi connectivity index (χ0n) is 17.2. The van der Waals surface area contributed by atoms with Gasteiger partial charge in [0, 0.05) is 13.0 Å². The predicted molar refractivity (Wildman–Crippen MR) is 116 cm³/mol. The second-order valence-electron chi connectivity index (χ2n) is 7.27. The largest absolute Gasteiger partial charge is 0.491 e. The second kappa shape index (κ2) is 8.86. The number of benzene rings is 2. The van der Waals surface area contributed by atoms with Crippen molar-refractivity contribution < 1.29 is 13.9 Å². The van der Waals surface area contributed by atoms with Crippen LogP contribution >= 0.6 is 0 Å². The van der Waals surface area contributed by atoms with Crippen molar-refractivity contribution in [3.8, 4) is 5.75 Å². The topological polar surface area (TPSA) is 69.3 Å². The number of carbonyl (C=O) groups excluding carboxylic acids is 1. The van der Waals surface area contributed by atoms with Crippen LogP contribution in [0.3, 0.4) is 0 Å². The molecular formula is C24H25N3O3. The quantitative estimate of drug-likeness (QED) is 0.476. The minimum Gasteiger partial charge on any atom is -0.491 e. The molecule has 0 unspecified atom stereocenters. The van der Waals surface area contributed by atoms with Crippen molar-refractivity contribution >= 4 is 16.9 Å². The molecule has 6 heteroatoms. The van der Waals surface area contributed by atoms with Gasteiger partial charge in [0.1, 0.15) is 18.2 Å². The van der Waals surface area contributed by atoms with E-state index in [0.717, 1.165) is 28.2 Å². The van der Waals surface area contributed by atoms with Gasteiger partial charge in [0.15, 0.2) is 5.76 Å². The van der Waals surface area contributed by atoms with Gasteiger partial charge in [-0.1, -0.05) is 24.3 Å². The fraction of sp³-hybridized carbons (Fsp3) is 0.250. The number of hydrogen-bond donors (Lipinski definition) is 1. The minimum absolute atomic E-state index is 0.221. The smallest absolute Gasteiger partial charge is 0.286 e. The Balaban J connectivity index is 1.44. The first-order valence-electron chi connectivity index (χ1n) is 10.1. The molecule has 1 amide bonds. The molecule has 30 heavy (non-hydrogen) atoms. The number of nitrogens with zero attached hydrogens (tertiary/aromatic N) is 2. The van der Waals surface area contributed by atoms with Gasteiger partial charge in [0.25, 0.3) is 5.91 Å². The van der Waals surface area contributed by atoms with Crippen molar-refractivity contribution in [1.29, 1.82) is 0 Å². The first kappa shape index (κ1) is 19.8. The van der Waals surface area contributed by atoms with Crippen LogP contribution in [0.4, 0.5) is 0 Å². The first-order valence-corrected chi connectivity index (χ1v) is 10.1. The van der Waals surface area contributed by atoms with Gasteiger partial charge < -0.3 is 19.0 Å². The fourth-order valence-corrected chi connectivity index (χ4v) is 3.46. The molecule has 0 aliphatic rings. The van der Waals surface area contributed by atoms with Crippen molar-refractivity contribution in [2.75, 3.05) is 13.2 Å². The molecule has 2 heterocycles. The van der Waals surface area contributed by atoms with Gasteiger partial charge in [-0.15, -0.1) is 0 Å². The lowest BCUT2D eigenvalue weighted by Crippen LogP contribution is -2.26. The van der Waals surface area contributed by atoms with Crippen LogP contribution in [0, 0.1) is 13.8 Å². The molecule has 2 aromatic carbocycles. The summed E-state index contributed by atoms with van der Waals surface area (Å²) < 4.78 is 13.4. The van der Waals surface area contributed by atoms with E-state index in [1.807, 2.05) is 18.2 Å². The Kier molecular flexibility index (Phi) is 5.84. The van der Waals surface area contributed by atoms with Gasteiger partial charge >= 0.3 is 0 Å². The van der Waals surface area contributed by atoms with E-state index in [0.29, 0.717) is 31.9 Å². The van der Waals surface area contributed by atoms with Crippen molar-refractivity contribution in [3.63, 3.8) is 0 Å². The van der Waals surface area contributed by atoms with Gasteiger partial charge in [0.2, 0.25) is 0 Å². The van der Waals surface area contributed by atoms with E-state index in [9.17, 15) is 4.79 Å². The summed E-state index contributed by atoms with van der Waals surface area (Å²) >= 11 is 0. The molecule has 0 saturated carbocycles. The van der Waals surface area contributed by atoms with Crippen molar-refractivity contribution in [2.45, 2.75) is 26.8 Å². The van der Waals surface area contributed by atoms with Crippen LogP contribution in [0.5, 0.6) is 5.75 Å². The van der Waals surface area contributed by atoms with Crippen LogP contribution in [-0.2, 0) is 13.0 Å². The maximum absolute atomic E-state index is 12.1. The Hall–Kier alpha value is -3.54. The van der Waals surface area contributed by atoms with Gasteiger partial charge in [-0.3, -0.25) is 4.79 Å². The van der Waals surface area contributed by atoms with Gasteiger partial charge in [-0.05, 0) is 55.3 Å². The number of amides is 1. The van der Waals surface area contributed by atoms with Gasteiger partial charge in [-0.25, -0.2) is 4.98 Å². The Morgan fingerprint density at radius 3 is 2.83 bits per heavy atom. The molecule has 4 rings (SSSR count). The average molecular weight is 403 g/mol. The van der Waals surface area contributed by atoms with Crippen molar-refractivity contribution in [2.24, 2.45) is 0 Å². The Bertz CT molecular complexity index is 1150. The second-order valence-corrected chi connectivity index (χ2v) is 7.27. The molecule has 6 nitrogen and oxygen atoms in total. The molecule has 4 aromatic rings. The number of imidazole rings is 1. The van der Waals surface area contributed by atoms with E-state index in [2.05, 4.69) is 48.0 Å². The number of furan rings is 1. The summed E-state index contributed by atoms with van der Waals surface area (Å²) in [5.74, 6) is 1.92. The monoisotopic (exact) mass is 403 g/mol. The van der Waals surface area contributed by atoms with Gasteiger partial charge in [-0.2, -0.15) is 0 Å². The lowest BCUT2D eigenvalue weighted by Gasteiger charge is -2.13. The number of aryl methyl sites for hydroxylation is 2. The number of rotatable bonds is 8. The highest BCUT2D eigenvalue weighted by atomic mass is 16.5. The van der Waals surface area contributed by atoms with Crippen LogP contribution in [0.1, 0.15) is 27.5 Å². The number of aromatic nitrogens is 2. The Morgan fingerprint density at radius 2 is 2.00 bits per heavy atom. The van der Waals surface area contributed by atoms with Crippen LogP contribution in [0.25, 0.3) is 11.0 Å². The van der Waals surface area contributed by atoms with E-state index >= 15 is 0 Å². The standard InChI is InChI=1S/C24H25N3O3/c1-17-9-10-18(2)22(16-17)30-15-13-27-20-7-4-3-6-19(20)26-23(27)11-12-25-24(28)21-8-5-14-29-21/h3-10,14,16H,11-13,15H2,1-2H3,(H,25,28). The van der Waals surface area contributed by atoms with Crippen LogP contribution < -0.4 is 10.1 Å². The maximum atomic E-state index is 12.1. The van der Waals surface area contributed by atoms with Crippen LogP contribution in [-0.4, -0.2) is 28.6 Å². The van der Waals surface area contributed by atoms with Crippen molar-refractivity contribution in [3.05, 3.63) is 83.6 Å². The molecule has 0 aliphatic carbocycles. The molecule has 0 bridgehead atoms. The highest BCUT2D eigenvalue weighted by Gasteiger charge is 2.12. The van der Waals surface area contributed by atoms with E-state index in [1.54, 1.807) is 12.1 Å². The number of ether oxygens (including phenoxy) is 1. The summed E-state index contributed by atoms with van der Waals surface area (Å²) in [6.45, 7) is 5.80. The third kappa shape index (κ3) is 4.38. The summed E-state index contributed by atoms with van der Waals surface area (Å²) in [5.41, 5.74) is 4.31. The first-order chi connectivity index (χ1) is 14.6. The molecule has 0 atom stereocenters. The van der Waals surface area contributed by atoms with Crippen molar-refractivity contribution in [1.82, 2.24) is 14.9 Å². The molecule has 0 spiro atoms. The van der Waals surface area contributed by atoms with E-state index in [1.165, 1.54) is 11.8 Å². The molecule has 1 N–H and O–H groups in total. The third-order valence-electron chi connectivity index (χ3n) is 5.03. The third-order valence-corrected chi connectivity index (χ3v) is 5.03. The average Bonchev–Trinajstić information content (AvgIpc) is 3.39. The fourth-order valence-electron chi connectivity index (χ4n) is 3.46. The number of carbonyl (C=O) groups is 1. The summed E-state index contributed by atoms with van der Waals surface area (Å²) in [4.78, 5) is 16.9. The van der Waals surface area contributed by atoms with Gasteiger partial charge in [0.05, 0.1) is 23.8 Å². The Labute approximate surface area is 175 Å². The number of nitrogens with one attached hydrogen (secondary N) is 1. The molecule has 0 radical (unpaired) electrons. The lowest BCUT2D eigenvalue weighted by molar-refractivity contribution is 0.0926. The summed E-state index contributed by atoms with van der Waals surface area (Å²) in [6, 6.07) is 17.6. The lowest BCUT2D eigenvalue weighted by atomic mass is 10.1. The molecule has 0 fully saturated rings. The van der Waals surface area contributed by atoms with E-state index in [4.69, 9.17) is 14.1 Å². The summed E-state index contributed by atoms with van der Waals surface area (Å²) in [5, 5.41) is 2.88. The SMILES string of the molecule is Cc1ccc(C)c(OCCn2c(CCNC(=O)c3ccco3)nc3ccccc32)c1. The number of fused-ring (bicyclic) bond motifs is 1. The molecule has 154 valence electrons. The molecule has 0 saturated heterocycles. The summed E-state index contributed by atoms with van der Waals surface area (Å²) in [7, 11) is 0. The highest BCUT2D eigenvalue weighted by Crippen LogP contribution is 2.20. The summed E-state index contributed by atoms with van der Waals surface area (Å²) in [6.07, 6.45) is 2.11. The highest BCUT2D eigenvalue weighted by molar-refractivity contribution is 5.91. The zero-order valence-corrected chi connectivity index (χ0v) is 17.2. The van der Waals surface area contributed by atoms with E-state index in [-0.39, 0.29) is 5.91 Å². The number of hydrogen-bond acceptors (Lipinski definition) is 4. The van der Waals surface area contributed by atoms with E-state index < -0.39 is 0 Å². The minimum atomic E-state index is -0.221. The molecule has 2 aromatic heterocycles. The Morgan fingerprint density at radius 1 is 1.13 bits per heavy atom. The van der Waals surface area contributed by atoms with Crippen LogP contribution in [0.15, 0.2) is 65.3 Å². The normalized spacial score (nSPS) is 11.0. The molecule has 0 aliphatic heterocycles. The molecular weight excluding hydrogens is 378 g/mol. The zero-order chi connectivity index (χ0) is 20.9. The predicted octanol–water partition coefficient (Wildman–Crippen LogP) is 4.30. The van der Waals surface area contributed by atoms with Crippen LogP contribution in [0.2, 0.25) is 0 Å². The maximum Gasteiger partial charge on any atom is 0.286 e. The number of para-hydroxylation sites is 2.